The zero-order chi connectivity index (χ0) is 15.4. The lowest BCUT2D eigenvalue weighted by Crippen LogP contribution is -2.41. The van der Waals surface area contributed by atoms with Crippen LogP contribution in [0.1, 0.15) is 22.5 Å². The molecule has 1 amide bonds. The Bertz CT molecular complexity index is 669. The Labute approximate surface area is 126 Å². The minimum absolute atomic E-state index is 0.222. The molecular weight excluding hydrogens is 290 g/mol. The van der Waals surface area contributed by atoms with Crippen molar-refractivity contribution in [3.05, 3.63) is 35.8 Å². The summed E-state index contributed by atoms with van der Waals surface area (Å²) in [5.74, 6) is -0.828. The van der Waals surface area contributed by atoms with Crippen molar-refractivity contribution in [2.45, 2.75) is 19.4 Å². The third-order valence-corrected chi connectivity index (χ3v) is 3.77. The average molecular weight is 307 g/mol. The van der Waals surface area contributed by atoms with Gasteiger partial charge >= 0.3 is 5.97 Å². The summed E-state index contributed by atoms with van der Waals surface area (Å²) in [6, 6.07) is 2.88. The van der Waals surface area contributed by atoms with Crippen molar-refractivity contribution < 1.29 is 14.7 Å². The number of aromatic nitrogens is 2. The number of hydrogen-bond donors (Lipinski definition) is 2. The molecule has 0 aliphatic rings. The molecule has 0 bridgehead atoms. The van der Waals surface area contributed by atoms with Gasteiger partial charge in [0.2, 0.25) is 0 Å². The molecule has 0 unspecified atom stereocenters. The number of aliphatic carboxylic acids is 1. The standard InChI is InChI=1S/C14H17N3O3S/c1-9-4-3-6-17-8-11(15-12(9)17)13(18)16-10(14(19)20)5-7-21-2/h3-4,6,8,10H,5,7H2,1-2H3,(H,16,18)(H,19,20)/t10-/m1/s1. The number of fused-ring (bicyclic) bond motifs is 1. The minimum atomic E-state index is -1.03. The van der Waals surface area contributed by atoms with Gasteiger partial charge in [-0.05, 0) is 37.0 Å². The molecule has 0 aliphatic carbocycles. The van der Waals surface area contributed by atoms with Gasteiger partial charge in [-0.2, -0.15) is 11.8 Å². The Morgan fingerprint density at radius 3 is 2.90 bits per heavy atom. The maximum Gasteiger partial charge on any atom is 0.326 e. The van der Waals surface area contributed by atoms with Crippen molar-refractivity contribution in [3.8, 4) is 0 Å². The van der Waals surface area contributed by atoms with Gasteiger partial charge < -0.3 is 14.8 Å². The van der Waals surface area contributed by atoms with E-state index in [1.165, 1.54) is 0 Å². The first-order valence-corrected chi connectivity index (χ1v) is 7.89. The van der Waals surface area contributed by atoms with E-state index in [9.17, 15) is 9.59 Å². The van der Waals surface area contributed by atoms with Gasteiger partial charge in [0.25, 0.3) is 5.91 Å². The van der Waals surface area contributed by atoms with Gasteiger partial charge in [0.1, 0.15) is 17.4 Å². The molecule has 112 valence electrons. The van der Waals surface area contributed by atoms with Crippen LogP contribution in [-0.2, 0) is 4.79 Å². The number of carboxylic acids is 1. The molecule has 2 N–H and O–H groups in total. The predicted molar refractivity (Wildman–Crippen MR) is 81.8 cm³/mol. The first kappa shape index (κ1) is 15.4. The van der Waals surface area contributed by atoms with Gasteiger partial charge in [-0.15, -0.1) is 0 Å². The molecule has 0 fully saturated rings. The Hall–Kier alpha value is -2.02. The number of carbonyl (C=O) groups is 2. The molecule has 21 heavy (non-hydrogen) atoms. The lowest BCUT2D eigenvalue weighted by atomic mass is 10.2. The molecule has 2 aromatic heterocycles. The molecule has 7 heteroatoms. The van der Waals surface area contributed by atoms with E-state index in [0.29, 0.717) is 17.8 Å². The maximum absolute atomic E-state index is 12.1. The van der Waals surface area contributed by atoms with Gasteiger partial charge in [0.15, 0.2) is 0 Å². The number of amides is 1. The lowest BCUT2D eigenvalue weighted by molar-refractivity contribution is -0.139. The summed E-state index contributed by atoms with van der Waals surface area (Å²) in [7, 11) is 0. The van der Waals surface area contributed by atoms with Crippen LogP contribution in [0.15, 0.2) is 24.5 Å². The highest BCUT2D eigenvalue weighted by atomic mass is 32.2. The number of imidazole rings is 1. The summed E-state index contributed by atoms with van der Waals surface area (Å²) in [5.41, 5.74) is 1.87. The summed E-state index contributed by atoms with van der Waals surface area (Å²) >= 11 is 1.54. The number of hydrogen-bond acceptors (Lipinski definition) is 4. The van der Waals surface area contributed by atoms with E-state index in [2.05, 4.69) is 10.3 Å². The molecule has 2 aromatic rings. The van der Waals surface area contributed by atoms with Gasteiger partial charge in [-0.25, -0.2) is 9.78 Å². The molecule has 0 aromatic carbocycles. The highest BCUT2D eigenvalue weighted by Gasteiger charge is 2.21. The number of rotatable bonds is 6. The quantitative estimate of drug-likeness (QED) is 0.846. The Morgan fingerprint density at radius 2 is 2.29 bits per heavy atom. The van der Waals surface area contributed by atoms with Crippen LogP contribution in [0.5, 0.6) is 0 Å². The molecular formula is C14H17N3O3S. The second-order valence-electron chi connectivity index (χ2n) is 4.69. The zero-order valence-corrected chi connectivity index (χ0v) is 12.7. The highest BCUT2D eigenvalue weighted by molar-refractivity contribution is 7.98. The number of pyridine rings is 1. The van der Waals surface area contributed by atoms with Crippen LogP contribution in [0.25, 0.3) is 5.65 Å². The fourth-order valence-corrected chi connectivity index (χ4v) is 2.46. The second-order valence-corrected chi connectivity index (χ2v) is 5.68. The first-order valence-electron chi connectivity index (χ1n) is 6.50. The summed E-state index contributed by atoms with van der Waals surface area (Å²) < 4.78 is 1.75. The molecule has 2 rings (SSSR count). The van der Waals surface area contributed by atoms with Gasteiger partial charge in [0, 0.05) is 12.4 Å². The predicted octanol–water partition coefficient (Wildman–Crippen LogP) is 1.58. The Balaban J connectivity index is 2.17. The number of carbonyl (C=O) groups excluding carboxylic acids is 1. The van der Waals surface area contributed by atoms with E-state index in [1.54, 1.807) is 28.6 Å². The van der Waals surface area contributed by atoms with Crippen LogP contribution in [0.3, 0.4) is 0 Å². The Morgan fingerprint density at radius 1 is 1.52 bits per heavy atom. The van der Waals surface area contributed by atoms with Crippen LogP contribution in [-0.4, -0.2) is 44.4 Å². The van der Waals surface area contributed by atoms with Crippen molar-refractivity contribution >= 4 is 29.3 Å². The molecule has 6 nitrogen and oxygen atoms in total. The highest BCUT2D eigenvalue weighted by Crippen LogP contribution is 2.10. The van der Waals surface area contributed by atoms with Crippen LogP contribution in [0.2, 0.25) is 0 Å². The second kappa shape index (κ2) is 6.62. The fraction of sp³-hybridized carbons (Fsp3) is 0.357. The van der Waals surface area contributed by atoms with E-state index in [-0.39, 0.29) is 5.69 Å². The van der Waals surface area contributed by atoms with Gasteiger partial charge in [-0.3, -0.25) is 4.79 Å². The SMILES string of the molecule is CSCC[C@@H](NC(=O)c1cn2cccc(C)c2n1)C(=O)O. The number of nitrogens with zero attached hydrogens (tertiary/aromatic N) is 2. The monoisotopic (exact) mass is 307 g/mol. The molecule has 0 spiro atoms. The zero-order valence-electron chi connectivity index (χ0n) is 11.9. The summed E-state index contributed by atoms with van der Waals surface area (Å²) in [6.07, 6.45) is 5.68. The molecule has 0 saturated heterocycles. The summed E-state index contributed by atoms with van der Waals surface area (Å²) in [6.45, 7) is 1.91. The van der Waals surface area contributed by atoms with Crippen molar-refractivity contribution in [3.63, 3.8) is 0 Å². The van der Waals surface area contributed by atoms with Gasteiger partial charge in [-0.1, -0.05) is 6.07 Å². The number of thioether (sulfide) groups is 1. The third kappa shape index (κ3) is 3.55. The number of carboxylic acid groups (broad SMARTS) is 1. The van der Waals surface area contributed by atoms with Crippen LogP contribution >= 0.6 is 11.8 Å². The van der Waals surface area contributed by atoms with Gasteiger partial charge in [0.05, 0.1) is 0 Å². The summed E-state index contributed by atoms with van der Waals surface area (Å²) in [5, 5.41) is 11.7. The van der Waals surface area contributed by atoms with E-state index in [0.717, 1.165) is 5.56 Å². The molecule has 0 saturated carbocycles. The molecule has 2 heterocycles. The van der Waals surface area contributed by atoms with E-state index < -0.39 is 17.9 Å². The first-order chi connectivity index (χ1) is 10.0. The minimum Gasteiger partial charge on any atom is -0.480 e. The third-order valence-electron chi connectivity index (χ3n) is 3.12. The van der Waals surface area contributed by atoms with Crippen molar-refractivity contribution in [2.75, 3.05) is 12.0 Å². The van der Waals surface area contributed by atoms with E-state index >= 15 is 0 Å². The lowest BCUT2D eigenvalue weighted by Gasteiger charge is -2.12. The van der Waals surface area contributed by atoms with Crippen LogP contribution < -0.4 is 5.32 Å². The molecule has 1 atom stereocenters. The largest absolute Gasteiger partial charge is 0.480 e. The fourth-order valence-electron chi connectivity index (χ4n) is 1.99. The van der Waals surface area contributed by atoms with Crippen LogP contribution in [0, 0.1) is 6.92 Å². The maximum atomic E-state index is 12.1. The van der Waals surface area contributed by atoms with E-state index in [1.807, 2.05) is 25.3 Å². The van der Waals surface area contributed by atoms with Crippen molar-refractivity contribution in [1.29, 1.82) is 0 Å². The van der Waals surface area contributed by atoms with E-state index in [4.69, 9.17) is 5.11 Å². The van der Waals surface area contributed by atoms with Crippen molar-refractivity contribution in [1.82, 2.24) is 14.7 Å². The smallest absolute Gasteiger partial charge is 0.326 e. The topological polar surface area (TPSA) is 83.7 Å². The molecule has 0 aliphatic heterocycles. The van der Waals surface area contributed by atoms with Crippen LogP contribution in [0.4, 0.5) is 0 Å². The normalized spacial score (nSPS) is 12.3. The summed E-state index contributed by atoms with van der Waals surface area (Å²) in [4.78, 5) is 27.6. The Kier molecular flexibility index (Phi) is 4.85. The van der Waals surface area contributed by atoms with Crippen molar-refractivity contribution in [2.24, 2.45) is 0 Å². The number of nitrogens with one attached hydrogen (secondary N) is 1. The molecule has 0 radical (unpaired) electrons. The average Bonchev–Trinajstić information content (AvgIpc) is 2.88. The number of aryl methyl sites for hydroxylation is 1.